The highest BCUT2D eigenvalue weighted by Gasteiger charge is 2.20. The first-order valence-electron chi connectivity index (χ1n) is 4.72. The molecule has 0 saturated carbocycles. The van der Waals surface area contributed by atoms with Crippen LogP contribution in [0, 0.1) is 0 Å². The fourth-order valence-corrected chi connectivity index (χ4v) is 2.19. The van der Waals surface area contributed by atoms with Crippen LogP contribution in [0.1, 0.15) is 19.3 Å². The highest BCUT2D eigenvalue weighted by molar-refractivity contribution is 7.98. The number of nitrogens with zero attached hydrogens (tertiary/aromatic N) is 1. The summed E-state index contributed by atoms with van der Waals surface area (Å²) in [6.07, 6.45) is 5.93. The van der Waals surface area contributed by atoms with Crippen molar-refractivity contribution in [3.63, 3.8) is 0 Å². The standard InChI is InChI=1S/C9H19NOS/c1-12-7-6-10-5-3-2-4-9(10)8-11/h9,11H,2-8H2,1H3. The Bertz CT molecular complexity index is 121. The summed E-state index contributed by atoms with van der Waals surface area (Å²) in [5.41, 5.74) is 0. The molecule has 0 aromatic heterocycles. The Balaban J connectivity index is 2.26. The number of likely N-dealkylation sites (tertiary alicyclic amines) is 1. The summed E-state index contributed by atoms with van der Waals surface area (Å²) in [6.45, 7) is 2.67. The molecule has 2 nitrogen and oxygen atoms in total. The van der Waals surface area contributed by atoms with Gasteiger partial charge in [-0.05, 0) is 25.6 Å². The number of thioether (sulfide) groups is 1. The van der Waals surface area contributed by atoms with Gasteiger partial charge in [0.15, 0.2) is 0 Å². The van der Waals surface area contributed by atoms with Gasteiger partial charge in [-0.3, -0.25) is 4.90 Å². The lowest BCUT2D eigenvalue weighted by atomic mass is 10.0. The van der Waals surface area contributed by atoms with Crippen molar-refractivity contribution < 1.29 is 5.11 Å². The molecule has 1 rings (SSSR count). The van der Waals surface area contributed by atoms with E-state index in [9.17, 15) is 0 Å². The van der Waals surface area contributed by atoms with Gasteiger partial charge in [-0.25, -0.2) is 0 Å². The molecule has 3 heteroatoms. The van der Waals surface area contributed by atoms with Crippen LogP contribution in [0.15, 0.2) is 0 Å². The van der Waals surface area contributed by atoms with E-state index in [4.69, 9.17) is 5.11 Å². The lowest BCUT2D eigenvalue weighted by molar-refractivity contribution is 0.0963. The van der Waals surface area contributed by atoms with Crippen LogP contribution >= 0.6 is 11.8 Å². The maximum Gasteiger partial charge on any atom is 0.0586 e. The summed E-state index contributed by atoms with van der Waals surface area (Å²) in [7, 11) is 0. The minimum atomic E-state index is 0.342. The van der Waals surface area contributed by atoms with Crippen LogP contribution in [0.5, 0.6) is 0 Å². The molecule has 0 amide bonds. The predicted molar refractivity (Wildman–Crippen MR) is 54.7 cm³/mol. The van der Waals surface area contributed by atoms with E-state index in [1.807, 2.05) is 11.8 Å². The van der Waals surface area contributed by atoms with Crippen molar-refractivity contribution in [2.75, 3.05) is 31.7 Å². The summed E-state index contributed by atoms with van der Waals surface area (Å²) in [6, 6.07) is 0.450. The molecular formula is C9H19NOS. The molecule has 72 valence electrons. The Hall–Kier alpha value is 0.270. The third kappa shape index (κ3) is 2.96. The van der Waals surface area contributed by atoms with E-state index in [1.165, 1.54) is 31.6 Å². The Labute approximate surface area is 79.3 Å². The Morgan fingerprint density at radius 2 is 2.33 bits per heavy atom. The number of hydrogen-bond donors (Lipinski definition) is 1. The van der Waals surface area contributed by atoms with Gasteiger partial charge in [-0.2, -0.15) is 11.8 Å². The molecule has 0 aromatic rings. The molecular weight excluding hydrogens is 170 g/mol. The zero-order chi connectivity index (χ0) is 8.81. The lowest BCUT2D eigenvalue weighted by Gasteiger charge is -2.34. The first-order valence-corrected chi connectivity index (χ1v) is 6.11. The van der Waals surface area contributed by atoms with Crippen LogP contribution in [0.25, 0.3) is 0 Å². The van der Waals surface area contributed by atoms with Crippen LogP contribution in [-0.4, -0.2) is 47.8 Å². The summed E-state index contributed by atoms with van der Waals surface area (Å²) in [5, 5.41) is 9.11. The van der Waals surface area contributed by atoms with Gasteiger partial charge in [0.25, 0.3) is 0 Å². The van der Waals surface area contributed by atoms with Gasteiger partial charge in [0.2, 0.25) is 0 Å². The number of hydrogen-bond acceptors (Lipinski definition) is 3. The maximum atomic E-state index is 9.11. The average molecular weight is 189 g/mol. The van der Waals surface area contributed by atoms with Gasteiger partial charge in [0.05, 0.1) is 6.61 Å². The van der Waals surface area contributed by atoms with Gasteiger partial charge >= 0.3 is 0 Å². The number of piperidine rings is 1. The van der Waals surface area contributed by atoms with Crippen molar-refractivity contribution in [2.24, 2.45) is 0 Å². The fraction of sp³-hybridized carbons (Fsp3) is 1.00. The Morgan fingerprint density at radius 3 is 3.00 bits per heavy atom. The lowest BCUT2D eigenvalue weighted by Crippen LogP contribution is -2.42. The van der Waals surface area contributed by atoms with Crippen molar-refractivity contribution in [2.45, 2.75) is 25.3 Å². The van der Waals surface area contributed by atoms with E-state index < -0.39 is 0 Å². The zero-order valence-corrected chi connectivity index (χ0v) is 8.65. The summed E-state index contributed by atoms with van der Waals surface area (Å²) < 4.78 is 0. The molecule has 1 atom stereocenters. The van der Waals surface area contributed by atoms with Crippen molar-refractivity contribution in [1.29, 1.82) is 0 Å². The second-order valence-electron chi connectivity index (χ2n) is 3.36. The average Bonchev–Trinajstić information content (AvgIpc) is 2.15. The predicted octanol–water partition coefficient (Wildman–Crippen LogP) is 1.20. The number of aliphatic hydroxyl groups excluding tert-OH is 1. The van der Waals surface area contributed by atoms with Crippen molar-refractivity contribution >= 4 is 11.8 Å². The fourth-order valence-electron chi connectivity index (χ4n) is 1.77. The highest BCUT2D eigenvalue weighted by Crippen LogP contribution is 2.16. The maximum absolute atomic E-state index is 9.11. The molecule has 0 bridgehead atoms. The minimum absolute atomic E-state index is 0.342. The van der Waals surface area contributed by atoms with E-state index in [-0.39, 0.29) is 0 Å². The minimum Gasteiger partial charge on any atom is -0.395 e. The SMILES string of the molecule is CSCCN1CCCCC1CO. The van der Waals surface area contributed by atoms with E-state index in [0.29, 0.717) is 12.6 Å². The quantitative estimate of drug-likeness (QED) is 0.719. The molecule has 1 aliphatic rings. The molecule has 1 heterocycles. The van der Waals surface area contributed by atoms with Gasteiger partial charge in [0, 0.05) is 18.3 Å². The van der Waals surface area contributed by atoms with Crippen molar-refractivity contribution in [1.82, 2.24) is 4.90 Å². The van der Waals surface area contributed by atoms with Crippen LogP contribution in [-0.2, 0) is 0 Å². The molecule has 0 aromatic carbocycles. The molecule has 1 aliphatic heterocycles. The third-order valence-corrected chi connectivity index (χ3v) is 3.13. The van der Waals surface area contributed by atoms with E-state index >= 15 is 0 Å². The molecule has 0 spiro atoms. The van der Waals surface area contributed by atoms with Crippen LogP contribution < -0.4 is 0 Å². The molecule has 0 radical (unpaired) electrons. The molecule has 1 N–H and O–H groups in total. The number of rotatable bonds is 4. The second kappa shape index (κ2) is 5.84. The largest absolute Gasteiger partial charge is 0.395 e. The monoisotopic (exact) mass is 189 g/mol. The Morgan fingerprint density at radius 1 is 1.50 bits per heavy atom. The van der Waals surface area contributed by atoms with Gasteiger partial charge in [-0.1, -0.05) is 6.42 Å². The van der Waals surface area contributed by atoms with Crippen LogP contribution in [0.4, 0.5) is 0 Å². The molecule has 0 aliphatic carbocycles. The molecule has 1 fully saturated rings. The number of aliphatic hydroxyl groups is 1. The van der Waals surface area contributed by atoms with Crippen molar-refractivity contribution in [3.05, 3.63) is 0 Å². The van der Waals surface area contributed by atoms with Crippen LogP contribution in [0.3, 0.4) is 0 Å². The summed E-state index contributed by atoms with van der Waals surface area (Å²) in [5.74, 6) is 1.19. The normalized spacial score (nSPS) is 26.0. The molecule has 1 unspecified atom stereocenters. The summed E-state index contributed by atoms with van der Waals surface area (Å²) >= 11 is 1.88. The smallest absolute Gasteiger partial charge is 0.0586 e. The van der Waals surface area contributed by atoms with Crippen molar-refractivity contribution in [3.8, 4) is 0 Å². The van der Waals surface area contributed by atoms with Gasteiger partial charge < -0.3 is 5.11 Å². The summed E-state index contributed by atoms with van der Waals surface area (Å²) in [4.78, 5) is 2.43. The van der Waals surface area contributed by atoms with E-state index in [1.54, 1.807) is 0 Å². The van der Waals surface area contributed by atoms with Gasteiger partial charge in [0.1, 0.15) is 0 Å². The Kier molecular flexibility index (Phi) is 5.04. The zero-order valence-electron chi connectivity index (χ0n) is 7.83. The van der Waals surface area contributed by atoms with E-state index in [2.05, 4.69) is 11.2 Å². The topological polar surface area (TPSA) is 23.5 Å². The first-order chi connectivity index (χ1) is 5.88. The molecule has 12 heavy (non-hydrogen) atoms. The first kappa shape index (κ1) is 10.4. The third-order valence-electron chi connectivity index (χ3n) is 2.54. The highest BCUT2D eigenvalue weighted by atomic mass is 32.2. The van der Waals surface area contributed by atoms with Crippen LogP contribution in [0.2, 0.25) is 0 Å². The second-order valence-corrected chi connectivity index (χ2v) is 4.35. The van der Waals surface area contributed by atoms with Gasteiger partial charge in [-0.15, -0.1) is 0 Å². The molecule has 1 saturated heterocycles. The van der Waals surface area contributed by atoms with E-state index in [0.717, 1.165) is 6.54 Å².